The van der Waals surface area contributed by atoms with Crippen molar-refractivity contribution in [3.63, 3.8) is 0 Å². The van der Waals surface area contributed by atoms with Gasteiger partial charge in [-0.15, -0.1) is 12.4 Å². The van der Waals surface area contributed by atoms with E-state index in [-0.39, 0.29) is 35.9 Å². The summed E-state index contributed by atoms with van der Waals surface area (Å²) >= 11 is 0. The van der Waals surface area contributed by atoms with Gasteiger partial charge in [-0.3, -0.25) is 15.0 Å². The third-order valence-electron chi connectivity index (χ3n) is 6.17. The number of amides is 1. The van der Waals surface area contributed by atoms with Crippen molar-refractivity contribution in [2.24, 2.45) is 5.92 Å². The number of ether oxygens (including phenoxy) is 2. The van der Waals surface area contributed by atoms with Gasteiger partial charge in [0.15, 0.2) is 0 Å². The van der Waals surface area contributed by atoms with Gasteiger partial charge in [-0.05, 0) is 80.0 Å². The fraction of sp³-hybridized carbons (Fsp3) is 0.500. The normalized spacial score (nSPS) is 19.0. The number of carbonyl (C=O) groups excluding carboxylic acids is 1. The number of hydrogen-bond acceptors (Lipinski definition) is 7. The maximum Gasteiger partial charge on any atom is 0.262 e. The van der Waals surface area contributed by atoms with E-state index in [0.29, 0.717) is 30.8 Å². The number of nitrogens with zero attached hydrogens (tertiary/aromatic N) is 2. The Morgan fingerprint density at radius 2 is 1.77 bits per heavy atom. The van der Waals surface area contributed by atoms with Crippen LogP contribution in [0.3, 0.4) is 0 Å². The molecule has 0 unspecified atom stereocenters. The molecule has 0 spiro atoms. The molecule has 1 saturated carbocycles. The van der Waals surface area contributed by atoms with Gasteiger partial charge in [-0.25, -0.2) is 13.9 Å². The SMILES string of the molecule is CCCOC1CCC([C@H](C(=O)NO)N(Cc2ccncc2)S(=O)(=O)c2ccc(OC)cc2)CC1.Cl. The molecule has 1 aliphatic rings. The summed E-state index contributed by atoms with van der Waals surface area (Å²) in [6, 6.07) is 8.37. The van der Waals surface area contributed by atoms with E-state index in [0.717, 1.165) is 19.3 Å². The molecule has 9 nitrogen and oxygen atoms in total. The van der Waals surface area contributed by atoms with E-state index in [1.54, 1.807) is 42.1 Å². The zero-order valence-corrected chi connectivity index (χ0v) is 21.6. The van der Waals surface area contributed by atoms with Crippen LogP contribution in [0.25, 0.3) is 0 Å². The van der Waals surface area contributed by atoms with Crippen molar-refractivity contribution in [1.82, 2.24) is 14.8 Å². The molecule has 1 fully saturated rings. The van der Waals surface area contributed by atoms with Crippen LogP contribution in [0.2, 0.25) is 0 Å². The lowest BCUT2D eigenvalue weighted by Crippen LogP contribution is -2.53. The van der Waals surface area contributed by atoms with Crippen LogP contribution >= 0.6 is 12.4 Å². The highest BCUT2D eigenvalue weighted by molar-refractivity contribution is 7.89. The molecule has 3 rings (SSSR count). The number of hydroxylamine groups is 1. The summed E-state index contributed by atoms with van der Waals surface area (Å²) in [5.41, 5.74) is 2.39. The van der Waals surface area contributed by atoms with Crippen LogP contribution in [0.1, 0.15) is 44.6 Å². The summed E-state index contributed by atoms with van der Waals surface area (Å²) in [6.45, 7) is 2.69. The van der Waals surface area contributed by atoms with Gasteiger partial charge in [0.2, 0.25) is 10.0 Å². The summed E-state index contributed by atoms with van der Waals surface area (Å²) < 4.78 is 39.9. The van der Waals surface area contributed by atoms with Gasteiger partial charge >= 0.3 is 0 Å². The number of methoxy groups -OCH3 is 1. The van der Waals surface area contributed by atoms with Crippen molar-refractivity contribution in [1.29, 1.82) is 0 Å². The standard InChI is InChI=1S/C24H33N3O6S.ClH/c1-3-16-33-21-6-4-19(5-7-21)23(24(28)26-29)27(17-18-12-14-25-15-13-18)34(30,31)22-10-8-20(32-2)9-11-22;/h8-15,19,21,23,29H,3-7,16-17H2,1-2H3,(H,26,28);1H/t19?,21?,23-;/m1./s1. The molecule has 2 N–H and O–H groups in total. The lowest BCUT2D eigenvalue weighted by molar-refractivity contribution is -0.136. The Balaban J connectivity index is 0.00000432. The zero-order chi connectivity index (χ0) is 24.6. The first-order chi connectivity index (χ1) is 16.4. The van der Waals surface area contributed by atoms with Gasteiger partial charge in [0.25, 0.3) is 5.91 Å². The van der Waals surface area contributed by atoms with Crippen LogP contribution < -0.4 is 10.2 Å². The summed E-state index contributed by atoms with van der Waals surface area (Å²) in [5.74, 6) is -0.498. The molecule has 1 atom stereocenters. The van der Waals surface area contributed by atoms with Crippen molar-refractivity contribution < 1.29 is 27.9 Å². The number of benzene rings is 1. The molecule has 35 heavy (non-hydrogen) atoms. The molecular formula is C24H34ClN3O6S. The second-order valence-corrected chi connectivity index (χ2v) is 10.3. The number of nitrogens with one attached hydrogen (secondary N) is 1. The average molecular weight is 528 g/mol. The molecule has 1 aromatic heterocycles. The average Bonchev–Trinajstić information content (AvgIpc) is 2.88. The Morgan fingerprint density at radius 1 is 1.14 bits per heavy atom. The Labute approximate surface area is 213 Å². The van der Waals surface area contributed by atoms with Gasteiger partial charge in [-0.1, -0.05) is 6.92 Å². The molecule has 2 aromatic rings. The number of carbonyl (C=O) groups is 1. The summed E-state index contributed by atoms with van der Waals surface area (Å²) in [4.78, 5) is 17.0. The molecular weight excluding hydrogens is 494 g/mol. The van der Waals surface area contributed by atoms with Crippen LogP contribution in [0, 0.1) is 5.92 Å². The van der Waals surface area contributed by atoms with Crippen molar-refractivity contribution >= 4 is 28.3 Å². The molecule has 1 heterocycles. The van der Waals surface area contributed by atoms with Crippen LogP contribution in [0.15, 0.2) is 53.7 Å². The van der Waals surface area contributed by atoms with Crippen LogP contribution in [0.4, 0.5) is 0 Å². The smallest absolute Gasteiger partial charge is 0.262 e. The van der Waals surface area contributed by atoms with E-state index in [1.807, 2.05) is 6.92 Å². The highest BCUT2D eigenvalue weighted by Gasteiger charge is 2.42. The van der Waals surface area contributed by atoms with Crippen LogP contribution in [-0.2, 0) is 26.1 Å². The van der Waals surface area contributed by atoms with Crippen molar-refractivity contribution in [3.05, 3.63) is 54.4 Å². The predicted octanol–water partition coefficient (Wildman–Crippen LogP) is 3.56. The minimum absolute atomic E-state index is 0. The third-order valence-corrected chi connectivity index (χ3v) is 8.01. The van der Waals surface area contributed by atoms with E-state index in [9.17, 15) is 18.4 Å². The monoisotopic (exact) mass is 527 g/mol. The lowest BCUT2D eigenvalue weighted by Gasteiger charge is -2.38. The summed E-state index contributed by atoms with van der Waals surface area (Å²) in [7, 11) is -2.60. The van der Waals surface area contributed by atoms with Gasteiger partial charge in [-0.2, -0.15) is 4.31 Å². The third kappa shape index (κ3) is 7.37. The van der Waals surface area contributed by atoms with Gasteiger partial charge in [0, 0.05) is 25.5 Å². The van der Waals surface area contributed by atoms with E-state index in [1.165, 1.54) is 23.5 Å². The predicted molar refractivity (Wildman–Crippen MR) is 133 cm³/mol. The Bertz CT molecular complexity index is 1020. The molecule has 0 saturated heterocycles. The quantitative estimate of drug-likeness (QED) is 0.339. The Hall–Kier alpha value is -2.24. The van der Waals surface area contributed by atoms with Gasteiger partial charge in [0.1, 0.15) is 11.8 Å². The molecule has 194 valence electrons. The molecule has 0 radical (unpaired) electrons. The first-order valence-corrected chi connectivity index (χ1v) is 12.9. The van der Waals surface area contributed by atoms with E-state index in [2.05, 4.69) is 4.98 Å². The maximum atomic E-state index is 13.8. The second-order valence-electron chi connectivity index (χ2n) is 8.41. The molecule has 11 heteroatoms. The largest absolute Gasteiger partial charge is 0.497 e. The van der Waals surface area contributed by atoms with E-state index >= 15 is 0 Å². The number of rotatable bonds is 11. The minimum atomic E-state index is -4.10. The number of pyridine rings is 1. The van der Waals surface area contributed by atoms with E-state index in [4.69, 9.17) is 9.47 Å². The topological polar surface area (TPSA) is 118 Å². The highest BCUT2D eigenvalue weighted by atomic mass is 35.5. The highest BCUT2D eigenvalue weighted by Crippen LogP contribution is 2.34. The first kappa shape index (κ1) is 29.0. The summed E-state index contributed by atoms with van der Waals surface area (Å²) in [5, 5.41) is 9.55. The fourth-order valence-electron chi connectivity index (χ4n) is 4.39. The maximum absolute atomic E-state index is 13.8. The van der Waals surface area contributed by atoms with Gasteiger partial charge < -0.3 is 9.47 Å². The first-order valence-electron chi connectivity index (χ1n) is 11.5. The van der Waals surface area contributed by atoms with Crippen molar-refractivity contribution in [2.45, 2.75) is 62.6 Å². The molecule has 0 aliphatic heterocycles. The molecule has 1 amide bonds. The molecule has 1 aromatic carbocycles. The number of halogens is 1. The second kappa shape index (κ2) is 13.7. The minimum Gasteiger partial charge on any atom is -0.497 e. The number of aromatic nitrogens is 1. The number of hydrogen-bond donors (Lipinski definition) is 2. The number of sulfonamides is 1. The van der Waals surface area contributed by atoms with Crippen molar-refractivity contribution in [2.75, 3.05) is 13.7 Å². The van der Waals surface area contributed by atoms with Crippen LogP contribution in [0.5, 0.6) is 5.75 Å². The fourth-order valence-corrected chi connectivity index (χ4v) is 6.02. The van der Waals surface area contributed by atoms with Gasteiger partial charge in [0.05, 0.1) is 18.1 Å². The lowest BCUT2D eigenvalue weighted by atomic mass is 9.82. The summed E-state index contributed by atoms with van der Waals surface area (Å²) in [6.07, 6.45) is 6.85. The van der Waals surface area contributed by atoms with E-state index < -0.39 is 22.0 Å². The Kier molecular flexibility index (Phi) is 11.4. The Morgan fingerprint density at radius 3 is 2.31 bits per heavy atom. The molecule has 0 bridgehead atoms. The van der Waals surface area contributed by atoms with Crippen LogP contribution in [-0.4, -0.2) is 54.7 Å². The van der Waals surface area contributed by atoms with Crippen molar-refractivity contribution in [3.8, 4) is 5.75 Å². The molecule has 1 aliphatic carbocycles. The zero-order valence-electron chi connectivity index (χ0n) is 20.0.